The number of anilines is 1. The molecule has 2 aromatic heterocycles. The molecule has 0 atom stereocenters. The van der Waals surface area contributed by atoms with E-state index >= 15 is 0 Å². The van der Waals surface area contributed by atoms with Gasteiger partial charge >= 0.3 is 0 Å². The first kappa shape index (κ1) is 19.8. The maximum Gasteiger partial charge on any atom is 0.233 e. The van der Waals surface area contributed by atoms with E-state index < -0.39 is 0 Å². The molecule has 0 bridgehead atoms. The van der Waals surface area contributed by atoms with Crippen molar-refractivity contribution in [2.45, 2.75) is 38.6 Å². The molecule has 2 aromatic rings. The Morgan fingerprint density at radius 2 is 2.00 bits per heavy atom. The Morgan fingerprint density at radius 1 is 1.28 bits per heavy atom. The zero-order chi connectivity index (χ0) is 18.2. The Morgan fingerprint density at radius 3 is 2.60 bits per heavy atom. The zero-order valence-electron chi connectivity index (χ0n) is 15.2. The fourth-order valence-electron chi connectivity index (χ4n) is 2.29. The number of amides is 1. The number of nitrogens with zero attached hydrogens (tertiary/aromatic N) is 3. The minimum absolute atomic E-state index is 0.160. The molecular formula is C17H26N4O2S2. The quantitative estimate of drug-likeness (QED) is 0.627. The Kier molecular flexibility index (Phi) is 7.77. The van der Waals surface area contributed by atoms with Crippen molar-refractivity contribution in [3.8, 4) is 0 Å². The van der Waals surface area contributed by atoms with Crippen LogP contribution in [-0.4, -0.2) is 39.8 Å². The molecule has 0 saturated heterocycles. The molecule has 0 saturated carbocycles. The van der Waals surface area contributed by atoms with Gasteiger partial charge in [0.2, 0.25) is 11.0 Å². The predicted octanol–water partition coefficient (Wildman–Crippen LogP) is 3.98. The van der Waals surface area contributed by atoms with Gasteiger partial charge in [-0.05, 0) is 24.0 Å². The second-order valence-corrected chi connectivity index (χ2v) is 8.88. The lowest BCUT2D eigenvalue weighted by atomic mass is 10.1. The molecule has 6 nitrogen and oxygen atoms in total. The Balaban J connectivity index is 1.81. The summed E-state index contributed by atoms with van der Waals surface area (Å²) in [5.74, 6) is 2.33. The van der Waals surface area contributed by atoms with Crippen molar-refractivity contribution in [1.29, 1.82) is 0 Å². The molecule has 0 aliphatic carbocycles. The lowest BCUT2D eigenvalue weighted by molar-refractivity contribution is -0.129. The molecule has 2 rings (SSSR count). The van der Waals surface area contributed by atoms with Gasteiger partial charge in [-0.25, -0.2) is 0 Å². The number of hydrogen-bond donors (Lipinski definition) is 1. The number of rotatable bonds is 10. The SMILES string of the molecule is CC(C)CN(CC(C)C)C(=O)CSc1nnc(NCc2ccco2)s1. The van der Waals surface area contributed by atoms with E-state index in [2.05, 4.69) is 43.2 Å². The van der Waals surface area contributed by atoms with Gasteiger partial charge in [0, 0.05) is 13.1 Å². The van der Waals surface area contributed by atoms with Gasteiger partial charge in [0.25, 0.3) is 0 Å². The van der Waals surface area contributed by atoms with Crippen molar-refractivity contribution in [2.24, 2.45) is 11.8 Å². The highest BCUT2D eigenvalue weighted by Crippen LogP contribution is 2.26. The number of nitrogens with one attached hydrogen (secondary N) is 1. The second-order valence-electron chi connectivity index (χ2n) is 6.68. The van der Waals surface area contributed by atoms with Crippen LogP contribution in [0.1, 0.15) is 33.5 Å². The summed E-state index contributed by atoms with van der Waals surface area (Å²) >= 11 is 2.90. The number of carbonyl (C=O) groups is 1. The first-order valence-corrected chi connectivity index (χ1v) is 10.2. The summed E-state index contributed by atoms with van der Waals surface area (Å²) in [6.07, 6.45) is 1.64. The van der Waals surface area contributed by atoms with Crippen molar-refractivity contribution in [2.75, 3.05) is 24.2 Å². The van der Waals surface area contributed by atoms with Crippen LogP contribution in [-0.2, 0) is 11.3 Å². The van der Waals surface area contributed by atoms with E-state index in [1.54, 1.807) is 6.26 Å². The van der Waals surface area contributed by atoms with Crippen molar-refractivity contribution in [3.63, 3.8) is 0 Å². The van der Waals surface area contributed by atoms with Crippen LogP contribution in [0.4, 0.5) is 5.13 Å². The van der Waals surface area contributed by atoms with Gasteiger partial charge in [0.1, 0.15) is 5.76 Å². The van der Waals surface area contributed by atoms with E-state index in [0.717, 1.165) is 28.3 Å². The summed E-state index contributed by atoms with van der Waals surface area (Å²) in [6, 6.07) is 3.75. The standard InChI is InChI=1S/C17H26N4O2S2/c1-12(2)9-21(10-13(3)4)15(22)11-24-17-20-19-16(25-17)18-8-14-6-5-7-23-14/h5-7,12-13H,8-11H2,1-4H3,(H,18,19). The molecule has 0 unspecified atom stereocenters. The van der Waals surface area contributed by atoms with Crippen LogP contribution < -0.4 is 5.32 Å². The average molecular weight is 383 g/mol. The summed E-state index contributed by atoms with van der Waals surface area (Å²) in [5.41, 5.74) is 0. The normalized spacial score (nSPS) is 11.3. The summed E-state index contributed by atoms with van der Waals surface area (Å²) in [6.45, 7) is 10.7. The van der Waals surface area contributed by atoms with E-state index in [0.29, 0.717) is 24.1 Å². The molecule has 0 aromatic carbocycles. The van der Waals surface area contributed by atoms with Gasteiger partial charge in [-0.3, -0.25) is 4.79 Å². The van der Waals surface area contributed by atoms with Gasteiger partial charge in [0.15, 0.2) is 4.34 Å². The monoisotopic (exact) mass is 382 g/mol. The molecular weight excluding hydrogens is 356 g/mol. The maximum atomic E-state index is 12.5. The molecule has 0 aliphatic rings. The molecule has 1 N–H and O–H groups in total. The molecule has 0 fully saturated rings. The minimum atomic E-state index is 0.160. The summed E-state index contributed by atoms with van der Waals surface area (Å²) in [5, 5.41) is 12.1. The number of thioether (sulfide) groups is 1. The molecule has 0 aliphatic heterocycles. The molecule has 0 spiro atoms. The first-order chi connectivity index (χ1) is 11.9. The smallest absolute Gasteiger partial charge is 0.233 e. The Hall–Kier alpha value is -1.54. The molecule has 138 valence electrons. The highest BCUT2D eigenvalue weighted by atomic mass is 32.2. The van der Waals surface area contributed by atoms with Crippen LogP contribution in [0.5, 0.6) is 0 Å². The van der Waals surface area contributed by atoms with Crippen molar-refractivity contribution < 1.29 is 9.21 Å². The minimum Gasteiger partial charge on any atom is -0.467 e. The number of aromatic nitrogens is 2. The van der Waals surface area contributed by atoms with Gasteiger partial charge in [-0.1, -0.05) is 50.8 Å². The van der Waals surface area contributed by atoms with E-state index in [9.17, 15) is 4.79 Å². The van der Waals surface area contributed by atoms with Crippen LogP contribution in [0.25, 0.3) is 0 Å². The molecule has 8 heteroatoms. The summed E-state index contributed by atoms with van der Waals surface area (Å²) < 4.78 is 6.06. The van der Waals surface area contributed by atoms with E-state index in [1.807, 2.05) is 17.0 Å². The van der Waals surface area contributed by atoms with Crippen LogP contribution in [0.3, 0.4) is 0 Å². The largest absolute Gasteiger partial charge is 0.467 e. The molecule has 1 amide bonds. The fourth-order valence-corrected chi connectivity index (χ4v) is 3.94. The lowest BCUT2D eigenvalue weighted by Gasteiger charge is -2.26. The third-order valence-corrected chi connectivity index (χ3v) is 5.24. The Labute approximate surface area is 157 Å². The van der Waals surface area contributed by atoms with Crippen LogP contribution in [0.15, 0.2) is 27.2 Å². The van der Waals surface area contributed by atoms with Crippen LogP contribution in [0.2, 0.25) is 0 Å². The van der Waals surface area contributed by atoms with Gasteiger partial charge in [-0.2, -0.15) is 0 Å². The topological polar surface area (TPSA) is 71.3 Å². The molecule has 0 radical (unpaired) electrons. The maximum absolute atomic E-state index is 12.5. The van der Waals surface area contributed by atoms with E-state index in [4.69, 9.17) is 4.42 Å². The van der Waals surface area contributed by atoms with Gasteiger partial charge in [-0.15, -0.1) is 10.2 Å². The van der Waals surface area contributed by atoms with E-state index in [1.165, 1.54) is 23.1 Å². The third-order valence-electron chi connectivity index (χ3n) is 3.24. The Bertz CT molecular complexity index is 631. The number of furan rings is 1. The summed E-state index contributed by atoms with van der Waals surface area (Å²) in [7, 11) is 0. The average Bonchev–Trinajstić information content (AvgIpc) is 3.20. The van der Waals surface area contributed by atoms with Gasteiger partial charge in [0.05, 0.1) is 18.6 Å². The number of carbonyl (C=O) groups excluding carboxylic acids is 1. The van der Waals surface area contributed by atoms with Crippen molar-refractivity contribution >= 4 is 34.1 Å². The van der Waals surface area contributed by atoms with Crippen molar-refractivity contribution in [3.05, 3.63) is 24.2 Å². The highest BCUT2D eigenvalue weighted by molar-refractivity contribution is 8.01. The number of hydrogen-bond acceptors (Lipinski definition) is 7. The molecule has 25 heavy (non-hydrogen) atoms. The van der Waals surface area contributed by atoms with Crippen LogP contribution >= 0.6 is 23.1 Å². The van der Waals surface area contributed by atoms with E-state index in [-0.39, 0.29) is 5.91 Å². The van der Waals surface area contributed by atoms with Crippen molar-refractivity contribution in [1.82, 2.24) is 15.1 Å². The predicted molar refractivity (Wildman–Crippen MR) is 103 cm³/mol. The highest BCUT2D eigenvalue weighted by Gasteiger charge is 2.17. The second kappa shape index (κ2) is 9.82. The lowest BCUT2D eigenvalue weighted by Crippen LogP contribution is -2.38. The van der Waals surface area contributed by atoms with Gasteiger partial charge < -0.3 is 14.6 Å². The first-order valence-electron chi connectivity index (χ1n) is 8.44. The summed E-state index contributed by atoms with van der Waals surface area (Å²) in [4.78, 5) is 14.5. The fraction of sp³-hybridized carbons (Fsp3) is 0.588. The van der Waals surface area contributed by atoms with Crippen LogP contribution in [0, 0.1) is 11.8 Å². The third kappa shape index (κ3) is 7.07. The zero-order valence-corrected chi connectivity index (χ0v) is 16.8. The molecule has 2 heterocycles.